The van der Waals surface area contributed by atoms with Gasteiger partial charge in [-0.1, -0.05) is 15.9 Å². The highest BCUT2D eigenvalue weighted by atomic mass is 79.9. The third kappa shape index (κ3) is 4.88. The molecule has 0 unspecified atom stereocenters. The minimum atomic E-state index is -0.818. The maximum Gasteiger partial charge on any atom is 0.303 e. The van der Waals surface area contributed by atoms with Crippen LogP contribution in [0.25, 0.3) is 0 Å². The van der Waals surface area contributed by atoms with Crippen LogP contribution in [0.1, 0.15) is 24.8 Å². The number of aliphatic carboxylic acids is 1. The number of likely N-dealkylation sites (tertiary alicyclic amines) is 1. The molecule has 122 valence electrons. The first kappa shape index (κ1) is 17.1. The van der Waals surface area contributed by atoms with E-state index in [2.05, 4.69) is 20.8 Å². The van der Waals surface area contributed by atoms with Crippen LogP contribution in [-0.2, 0) is 11.2 Å². The molecule has 0 saturated carbocycles. The summed E-state index contributed by atoms with van der Waals surface area (Å²) in [6, 6.07) is 3.74. The fourth-order valence-electron chi connectivity index (χ4n) is 2.65. The molecule has 0 amide bonds. The summed E-state index contributed by atoms with van der Waals surface area (Å²) >= 11 is 3.43. The zero-order valence-electron chi connectivity index (χ0n) is 12.8. The van der Waals surface area contributed by atoms with Gasteiger partial charge in [-0.15, -0.1) is 0 Å². The van der Waals surface area contributed by atoms with Crippen LogP contribution in [0.2, 0.25) is 0 Å². The monoisotopic (exact) mass is 371 g/mol. The zero-order chi connectivity index (χ0) is 15.9. The molecule has 0 radical (unpaired) electrons. The summed E-state index contributed by atoms with van der Waals surface area (Å²) in [5.41, 5.74) is 0.857. The molecule has 5 nitrogen and oxygen atoms in total. The number of carboxylic acids is 1. The first-order chi connectivity index (χ1) is 10.6. The van der Waals surface area contributed by atoms with Crippen molar-refractivity contribution in [3.05, 3.63) is 22.2 Å². The third-order valence-corrected chi connectivity index (χ3v) is 4.24. The van der Waals surface area contributed by atoms with Crippen LogP contribution in [0, 0.1) is 0 Å². The van der Waals surface area contributed by atoms with Crippen molar-refractivity contribution >= 4 is 21.9 Å². The summed E-state index contributed by atoms with van der Waals surface area (Å²) < 4.78 is 12.2. The highest BCUT2D eigenvalue weighted by molar-refractivity contribution is 9.10. The number of benzene rings is 1. The molecular weight excluding hydrogens is 350 g/mol. The second kappa shape index (κ2) is 8.39. The number of ether oxygens (including phenoxy) is 2. The minimum Gasteiger partial charge on any atom is -0.493 e. The van der Waals surface area contributed by atoms with Gasteiger partial charge in [0.05, 0.1) is 7.11 Å². The van der Waals surface area contributed by atoms with E-state index in [0.717, 1.165) is 29.7 Å². The number of halogens is 1. The van der Waals surface area contributed by atoms with Gasteiger partial charge in [-0.2, -0.15) is 0 Å². The van der Waals surface area contributed by atoms with Crippen molar-refractivity contribution in [3.63, 3.8) is 0 Å². The van der Waals surface area contributed by atoms with Gasteiger partial charge in [-0.05, 0) is 50.0 Å². The summed E-state index contributed by atoms with van der Waals surface area (Å²) in [5, 5.41) is 8.89. The SMILES string of the molecule is COc1cc(Br)cc(CCC(=O)O)c1OCCN1CCCC1. The quantitative estimate of drug-likeness (QED) is 0.761. The van der Waals surface area contributed by atoms with E-state index in [1.807, 2.05) is 12.1 Å². The molecule has 1 aromatic rings. The lowest BCUT2D eigenvalue weighted by atomic mass is 10.1. The van der Waals surface area contributed by atoms with Gasteiger partial charge in [0, 0.05) is 17.4 Å². The Hall–Kier alpha value is -1.27. The van der Waals surface area contributed by atoms with Gasteiger partial charge in [0.2, 0.25) is 0 Å². The van der Waals surface area contributed by atoms with Crippen molar-refractivity contribution in [1.29, 1.82) is 0 Å². The topological polar surface area (TPSA) is 59.0 Å². The molecule has 0 bridgehead atoms. The summed E-state index contributed by atoms with van der Waals surface area (Å²) in [7, 11) is 1.59. The molecule has 0 atom stereocenters. The van der Waals surface area contributed by atoms with Crippen molar-refractivity contribution in [2.24, 2.45) is 0 Å². The van der Waals surface area contributed by atoms with Crippen LogP contribution in [0.4, 0.5) is 0 Å². The second-order valence-corrected chi connectivity index (χ2v) is 6.30. The van der Waals surface area contributed by atoms with Crippen molar-refractivity contribution in [2.75, 3.05) is 33.4 Å². The van der Waals surface area contributed by atoms with Crippen LogP contribution in [0.3, 0.4) is 0 Å². The van der Waals surface area contributed by atoms with E-state index in [1.54, 1.807) is 7.11 Å². The Bertz CT molecular complexity index is 515. The van der Waals surface area contributed by atoms with Crippen molar-refractivity contribution in [3.8, 4) is 11.5 Å². The van der Waals surface area contributed by atoms with Gasteiger partial charge >= 0.3 is 5.97 Å². The molecule has 2 rings (SSSR count). The van der Waals surface area contributed by atoms with Gasteiger partial charge in [-0.3, -0.25) is 9.69 Å². The van der Waals surface area contributed by atoms with Crippen molar-refractivity contribution in [1.82, 2.24) is 4.90 Å². The molecule has 6 heteroatoms. The predicted molar refractivity (Wildman–Crippen MR) is 87.8 cm³/mol. The molecule has 1 heterocycles. The second-order valence-electron chi connectivity index (χ2n) is 5.39. The van der Waals surface area contributed by atoms with E-state index >= 15 is 0 Å². The molecule has 1 aliphatic rings. The summed E-state index contributed by atoms with van der Waals surface area (Å²) in [4.78, 5) is 13.2. The highest BCUT2D eigenvalue weighted by Gasteiger charge is 2.16. The Morgan fingerprint density at radius 3 is 2.73 bits per heavy atom. The predicted octanol–water partition coefficient (Wildman–Crippen LogP) is 2.95. The van der Waals surface area contributed by atoms with E-state index in [4.69, 9.17) is 14.6 Å². The Labute approximate surface area is 139 Å². The normalized spacial score (nSPS) is 15.0. The first-order valence-corrected chi connectivity index (χ1v) is 8.33. The molecule has 0 spiro atoms. The number of methoxy groups -OCH3 is 1. The number of nitrogens with zero attached hydrogens (tertiary/aromatic N) is 1. The van der Waals surface area contributed by atoms with Gasteiger partial charge in [0.1, 0.15) is 6.61 Å². The molecule has 0 aliphatic carbocycles. The summed E-state index contributed by atoms with van der Waals surface area (Å²) in [6.45, 7) is 3.73. The van der Waals surface area contributed by atoms with Crippen molar-refractivity contribution < 1.29 is 19.4 Å². The lowest BCUT2D eigenvalue weighted by Gasteiger charge is -2.18. The fourth-order valence-corrected chi connectivity index (χ4v) is 3.13. The maximum absolute atomic E-state index is 10.8. The molecule has 1 aliphatic heterocycles. The summed E-state index contributed by atoms with van der Waals surface area (Å²) in [5.74, 6) is 0.476. The number of rotatable bonds is 8. The Morgan fingerprint density at radius 1 is 1.36 bits per heavy atom. The van der Waals surface area contributed by atoms with Gasteiger partial charge < -0.3 is 14.6 Å². The number of carbonyl (C=O) groups is 1. The van der Waals surface area contributed by atoms with E-state index in [1.165, 1.54) is 12.8 Å². The maximum atomic E-state index is 10.8. The lowest BCUT2D eigenvalue weighted by Crippen LogP contribution is -2.25. The number of hydrogen-bond acceptors (Lipinski definition) is 4. The van der Waals surface area contributed by atoms with E-state index in [9.17, 15) is 4.79 Å². The van der Waals surface area contributed by atoms with Gasteiger partial charge in [0.25, 0.3) is 0 Å². The Kier molecular flexibility index (Phi) is 6.51. The molecule has 22 heavy (non-hydrogen) atoms. The van der Waals surface area contributed by atoms with Crippen LogP contribution in [-0.4, -0.2) is 49.3 Å². The van der Waals surface area contributed by atoms with Crippen LogP contribution in [0.5, 0.6) is 11.5 Å². The minimum absolute atomic E-state index is 0.0715. The molecular formula is C16H22BrNO4. The third-order valence-electron chi connectivity index (χ3n) is 3.78. The van der Waals surface area contributed by atoms with Crippen LogP contribution in [0.15, 0.2) is 16.6 Å². The van der Waals surface area contributed by atoms with E-state index < -0.39 is 5.97 Å². The van der Waals surface area contributed by atoms with Crippen molar-refractivity contribution in [2.45, 2.75) is 25.7 Å². The van der Waals surface area contributed by atoms with Gasteiger partial charge in [-0.25, -0.2) is 0 Å². The average molecular weight is 372 g/mol. The molecule has 0 aromatic heterocycles. The number of aryl methyl sites for hydroxylation is 1. The summed E-state index contributed by atoms with van der Waals surface area (Å²) in [6.07, 6.45) is 3.00. The van der Waals surface area contributed by atoms with E-state index in [-0.39, 0.29) is 6.42 Å². The Balaban J connectivity index is 2.05. The lowest BCUT2D eigenvalue weighted by molar-refractivity contribution is -0.136. The fraction of sp³-hybridized carbons (Fsp3) is 0.562. The van der Waals surface area contributed by atoms with E-state index in [0.29, 0.717) is 24.5 Å². The molecule has 1 N–H and O–H groups in total. The average Bonchev–Trinajstić information content (AvgIpc) is 2.99. The molecule has 1 fully saturated rings. The first-order valence-electron chi connectivity index (χ1n) is 7.53. The van der Waals surface area contributed by atoms with Crippen LogP contribution < -0.4 is 9.47 Å². The Morgan fingerprint density at radius 2 is 2.09 bits per heavy atom. The standard InChI is InChI=1S/C16H22BrNO4/c1-21-14-11-13(17)10-12(4-5-15(19)20)16(14)22-9-8-18-6-2-3-7-18/h10-11H,2-9H2,1H3,(H,19,20). The number of carboxylic acid groups (broad SMARTS) is 1. The largest absolute Gasteiger partial charge is 0.493 e. The smallest absolute Gasteiger partial charge is 0.303 e. The zero-order valence-corrected chi connectivity index (χ0v) is 14.4. The van der Waals surface area contributed by atoms with Crippen LogP contribution >= 0.6 is 15.9 Å². The molecule has 1 saturated heterocycles. The number of hydrogen-bond donors (Lipinski definition) is 1. The van der Waals surface area contributed by atoms with Gasteiger partial charge in [0.15, 0.2) is 11.5 Å². The molecule has 1 aromatic carbocycles. The highest BCUT2D eigenvalue weighted by Crippen LogP contribution is 2.35.